The fraction of sp³-hybridized carbons (Fsp3) is 0.839. The normalized spacial score (nSPS) is 24.6. The predicted octanol–water partition coefficient (Wildman–Crippen LogP) is 28.4. The number of alkyl halides is 8. The van der Waals surface area contributed by atoms with Crippen LogP contribution in [0, 0.1) is 94.3 Å². The van der Waals surface area contributed by atoms with E-state index in [4.69, 9.17) is 50.4 Å². The molecule has 12 nitrogen and oxygen atoms in total. The van der Waals surface area contributed by atoms with E-state index in [1.165, 1.54) is 134 Å². The summed E-state index contributed by atoms with van der Waals surface area (Å²) in [4.78, 5) is 11.0. The van der Waals surface area contributed by atoms with E-state index >= 15 is 0 Å². The van der Waals surface area contributed by atoms with E-state index < -0.39 is 95.5 Å². The molecule has 0 aromatic heterocycles. The van der Waals surface area contributed by atoms with Crippen LogP contribution < -0.4 is 14.2 Å². The summed E-state index contributed by atoms with van der Waals surface area (Å²) in [5.74, 6) is 6.50. The fourth-order valence-electron chi connectivity index (χ4n) is 17.3. The average Bonchev–Trinajstić information content (AvgIpc) is 0.802. The molecule has 0 spiro atoms. The zero-order valence-corrected chi connectivity index (χ0v) is 75.1. The predicted molar refractivity (Wildman–Crippen MR) is 473 cm³/mol. The molecule has 1 aliphatic heterocycles. The number of benzene rings is 2. The highest BCUT2D eigenvalue weighted by atomic mass is 32.2. The van der Waals surface area contributed by atoms with Crippen molar-refractivity contribution in [3.63, 3.8) is 0 Å². The average molecular weight is 1840 g/mol. The standard InChI is InChI=1S/C30H46F4O2.C19H33S2.C16H28O2.C14H20F2O2.C3H8S2.2CHF3O3S.3CH4.H2S/c1-4-6-7-8-10-21(3)35-29-27(31)19-26(20-28(29)32)36-30(33,34)25-17-15-24(16-18-25)23-13-11-22(9-5-2)12-14-23;1-2-4-15-5-7-16(8-6-15)17-9-11-18(12-10-17)19-20-13-3-14-21-19;1-2-3-12-4-6-13(7-5-12)14-8-10-15(11-9-14)16(17)18;1-3-4-5-6-7-10(2)18-14-12(15)8-11(17)9-13(14)16;4-2-1-3-5;2*2-1(3,4)8(5,6)7;;;;/h19-25H,4-18H2,1-3H3;15-18H,2-14H2,1H3;12-15H,2-11H2,1H3,(H,17,18);8-10,17H,3-7H2,1-2H3;4-5H,1-3H2;2*(H,5,6,7);3*1H4;1H2/q;+1;;;;;;;;;/p-1. The van der Waals surface area contributed by atoms with E-state index in [1.54, 1.807) is 52.4 Å². The van der Waals surface area contributed by atoms with Crippen LogP contribution in [-0.4, -0.2) is 98.7 Å². The Hall–Kier alpha value is -2.42. The van der Waals surface area contributed by atoms with Crippen LogP contribution in [0.3, 0.4) is 0 Å². The summed E-state index contributed by atoms with van der Waals surface area (Å²) in [7, 11) is -11.9. The Morgan fingerprint density at radius 3 is 1.12 bits per heavy atom. The van der Waals surface area contributed by atoms with Gasteiger partial charge in [0.25, 0.3) is 0 Å². The van der Waals surface area contributed by atoms with Crippen molar-refractivity contribution < 1.29 is 108 Å². The molecule has 0 radical (unpaired) electrons. The van der Waals surface area contributed by atoms with Crippen molar-refractivity contribution in [2.24, 2.45) is 71.0 Å². The van der Waals surface area contributed by atoms with E-state index in [1.807, 2.05) is 4.20 Å². The van der Waals surface area contributed by atoms with Gasteiger partial charge in [-0.05, 0) is 226 Å². The van der Waals surface area contributed by atoms with Crippen molar-refractivity contribution in [3.05, 3.63) is 47.5 Å². The Labute approximate surface area is 729 Å². The van der Waals surface area contributed by atoms with Gasteiger partial charge in [-0.1, -0.05) is 184 Å². The number of phenols is 1. The third-order valence-electron chi connectivity index (χ3n) is 23.7. The van der Waals surface area contributed by atoms with Crippen LogP contribution in [0.15, 0.2) is 24.3 Å². The van der Waals surface area contributed by atoms with Gasteiger partial charge in [-0.15, -0.1) is 0 Å². The lowest BCUT2D eigenvalue weighted by Crippen LogP contribution is -2.38. The van der Waals surface area contributed by atoms with Gasteiger partial charge in [0.15, 0.2) is 62.0 Å². The molecule has 2 atom stereocenters. The monoisotopic (exact) mass is 1840 g/mol. The first kappa shape index (κ1) is 118. The lowest BCUT2D eigenvalue weighted by atomic mass is 9.68. The number of thioether (sulfide) groups is 1. The number of halogens is 12. The molecule has 118 heavy (non-hydrogen) atoms. The third kappa shape index (κ3) is 45.6. The van der Waals surface area contributed by atoms with Crippen molar-refractivity contribution in [1.29, 1.82) is 0 Å². The summed E-state index contributed by atoms with van der Waals surface area (Å²) in [6.07, 6.45) is 46.1. The minimum absolute atomic E-state index is 0. The first-order valence-corrected chi connectivity index (χ1v) is 48.5. The molecule has 2 unspecified atom stereocenters. The summed E-state index contributed by atoms with van der Waals surface area (Å²) in [5, 5.41) is 18.0. The second kappa shape index (κ2) is 61.9. The molecular formula is C87H150F12O12S7. The van der Waals surface area contributed by atoms with Gasteiger partial charge in [0.2, 0.25) is 4.20 Å². The number of carbonyl (C=O) groups is 1. The first-order chi connectivity index (χ1) is 53.8. The van der Waals surface area contributed by atoms with Gasteiger partial charge in [-0.2, -0.15) is 82.3 Å². The molecule has 2 aromatic carbocycles. The minimum atomic E-state index is -6.09. The van der Waals surface area contributed by atoms with Crippen molar-refractivity contribution in [2.45, 2.75) is 370 Å². The molecule has 0 bridgehead atoms. The molecule has 0 saturated heterocycles. The summed E-state index contributed by atoms with van der Waals surface area (Å²) < 4.78 is 220. The highest BCUT2D eigenvalue weighted by molar-refractivity contribution is 8.23. The number of phenolic OH excluding ortho intramolecular Hbond substituents is 1. The molecule has 31 heteroatoms. The maximum Gasteiger partial charge on any atom is 0.522 e. The zero-order valence-electron chi connectivity index (χ0n) is 69.0. The number of aliphatic carboxylic acids is 1. The van der Waals surface area contributed by atoms with Gasteiger partial charge in [0.1, 0.15) is 11.5 Å². The third-order valence-corrected chi connectivity index (χ3v) is 28.4. The molecule has 0 amide bonds. The molecule has 6 aliphatic carbocycles. The fourth-order valence-corrected chi connectivity index (χ4v) is 20.8. The molecule has 6 fully saturated rings. The van der Waals surface area contributed by atoms with E-state index in [2.05, 4.69) is 83.0 Å². The largest absolute Gasteiger partial charge is 0.741 e. The van der Waals surface area contributed by atoms with E-state index in [9.17, 15) is 57.5 Å². The Bertz CT molecular complexity index is 3110. The molecule has 7 aliphatic rings. The van der Waals surface area contributed by atoms with E-state index in [-0.39, 0.29) is 53.9 Å². The lowest BCUT2D eigenvalue weighted by Gasteiger charge is -2.39. The van der Waals surface area contributed by atoms with Crippen LogP contribution in [0.2, 0.25) is 0 Å². The van der Waals surface area contributed by atoms with Gasteiger partial charge in [-0.25, -0.2) is 26.0 Å². The number of aromatic hydroxyl groups is 1. The number of hydrogen-bond donors (Lipinski definition) is 5. The number of hydrogen-bond acceptors (Lipinski definition) is 13. The molecule has 1 heterocycles. The summed E-state index contributed by atoms with van der Waals surface area (Å²) in [5.41, 5.74) is -11.2. The Balaban J connectivity index is 0. The number of carboxylic acids is 1. The number of unbranched alkanes of at least 4 members (excludes halogenated alkanes) is 6. The topological polar surface area (TPSA) is 197 Å². The smallest absolute Gasteiger partial charge is 0.522 e. The number of ether oxygens (including phenoxy) is 3. The molecular weight excluding hydrogens is 1690 g/mol. The lowest BCUT2D eigenvalue weighted by molar-refractivity contribution is -0.224. The minimum Gasteiger partial charge on any atom is -0.741 e. The summed E-state index contributed by atoms with van der Waals surface area (Å²) >= 11 is 12.3. The molecule has 2 aromatic rings. The van der Waals surface area contributed by atoms with Gasteiger partial charge in [0.05, 0.1) is 24.0 Å². The maximum atomic E-state index is 15.0. The highest BCUT2D eigenvalue weighted by Crippen LogP contribution is 2.48. The Morgan fingerprint density at radius 1 is 0.517 bits per heavy atom. The van der Waals surface area contributed by atoms with Crippen molar-refractivity contribution >= 4 is 92.3 Å². The molecule has 6 saturated carbocycles. The Morgan fingerprint density at radius 2 is 0.839 bits per heavy atom. The molecule has 9 rings (SSSR count). The first-order valence-electron chi connectivity index (χ1n) is 42.5. The number of carboxylic acid groups (broad SMARTS) is 1. The van der Waals surface area contributed by atoms with Crippen molar-refractivity contribution in [3.8, 4) is 23.0 Å². The van der Waals surface area contributed by atoms with E-state index in [0.717, 1.165) is 173 Å². The zero-order chi connectivity index (χ0) is 85.2. The second-order valence-corrected chi connectivity index (χ2v) is 38.8. The van der Waals surface area contributed by atoms with Gasteiger partial charge in [0, 0.05) is 42.4 Å². The van der Waals surface area contributed by atoms with E-state index in [0.29, 0.717) is 31.1 Å². The van der Waals surface area contributed by atoms with Crippen LogP contribution in [0.1, 0.15) is 340 Å². The SMILES string of the molecule is C.C.C.CCCC1CCC(C2CCC(C(=O)O)CC2)CC1.CCCC1CCC(C2CCC(C3=[S+]CCCS3)CC2)CC1.CCCCCCC(C)Oc1c(F)cc(O)cc1F.CCCCCCC(C)Oc1c(F)cc(OC(F)(F)C2CCC(C3CCC(CCC)CC3)CC2)cc1F.O=S(=O)(O)C(F)(F)F.O=S(=O)([O-])C(F)(F)F.S.SCCCS. The number of rotatable bonds is 30. The van der Waals surface area contributed by atoms with Crippen LogP contribution in [0.25, 0.3) is 0 Å². The summed E-state index contributed by atoms with van der Waals surface area (Å²) in [6, 6.07) is 3.33. The van der Waals surface area contributed by atoms with Crippen LogP contribution in [0.4, 0.5) is 52.7 Å². The summed E-state index contributed by atoms with van der Waals surface area (Å²) in [6.45, 7) is 14.7. The number of thiol groups is 2. The van der Waals surface area contributed by atoms with Crippen LogP contribution in [-0.2, 0) is 36.4 Å². The Kier molecular flexibility index (Phi) is 61.7. The quantitative estimate of drug-likeness (QED) is 0.00943. The maximum absolute atomic E-state index is 15.0. The van der Waals surface area contributed by atoms with Crippen molar-refractivity contribution in [1.82, 2.24) is 0 Å². The van der Waals surface area contributed by atoms with Gasteiger partial charge < -0.3 is 29.0 Å². The molecule has 696 valence electrons. The highest BCUT2D eigenvalue weighted by Gasteiger charge is 2.47. The second-order valence-electron chi connectivity index (χ2n) is 32.5. The molecule has 3 N–H and O–H groups in total. The van der Waals surface area contributed by atoms with Gasteiger partial charge >= 0.3 is 33.2 Å². The van der Waals surface area contributed by atoms with Crippen LogP contribution in [0.5, 0.6) is 23.0 Å². The van der Waals surface area contributed by atoms with Crippen LogP contribution >= 0.6 is 50.5 Å². The van der Waals surface area contributed by atoms with Crippen molar-refractivity contribution in [2.75, 3.05) is 23.0 Å². The van der Waals surface area contributed by atoms with Gasteiger partial charge in [-0.3, -0.25) is 9.35 Å².